The van der Waals surface area contributed by atoms with Crippen molar-refractivity contribution < 1.29 is 4.42 Å². The molecule has 9 aromatic carbocycles. The molecule has 1 nitrogen and oxygen atoms in total. The van der Waals surface area contributed by atoms with Crippen molar-refractivity contribution in [3.05, 3.63) is 169 Å². The van der Waals surface area contributed by atoms with Gasteiger partial charge < -0.3 is 4.42 Å². The van der Waals surface area contributed by atoms with Crippen LogP contribution in [0.15, 0.2) is 168 Å². The molecule has 0 fully saturated rings. The van der Waals surface area contributed by atoms with E-state index in [-0.39, 0.29) is 5.41 Å². The molecule has 0 aliphatic rings. The maximum atomic E-state index is 6.66. The van der Waals surface area contributed by atoms with Crippen LogP contribution in [0.2, 0.25) is 0 Å². The van der Waals surface area contributed by atoms with Crippen molar-refractivity contribution in [2.45, 2.75) is 26.2 Å². The Hall–Kier alpha value is -6.18. The molecule has 0 N–H and O–H groups in total. The number of rotatable bonds is 3. The lowest BCUT2D eigenvalue weighted by atomic mass is 9.78. The van der Waals surface area contributed by atoms with Crippen molar-refractivity contribution in [2.24, 2.45) is 0 Å². The predicted molar refractivity (Wildman–Crippen MR) is 219 cm³/mol. The Labute approximate surface area is 297 Å². The van der Waals surface area contributed by atoms with E-state index in [0.717, 1.165) is 21.9 Å². The van der Waals surface area contributed by atoms with E-state index in [1.807, 2.05) is 0 Å². The number of hydrogen-bond donors (Lipinski definition) is 0. The minimum atomic E-state index is -0.0149. The molecule has 0 saturated carbocycles. The fourth-order valence-corrected chi connectivity index (χ4v) is 8.77. The van der Waals surface area contributed by atoms with Gasteiger partial charge in [-0.25, -0.2) is 0 Å². The molecule has 0 bridgehead atoms. The quantitative estimate of drug-likeness (QED) is 0.173. The summed E-state index contributed by atoms with van der Waals surface area (Å²) in [6, 6.07) is 59.8. The lowest BCUT2D eigenvalue weighted by molar-refractivity contribution is 0.601. The van der Waals surface area contributed by atoms with Gasteiger partial charge in [0.25, 0.3) is 0 Å². The zero-order chi connectivity index (χ0) is 34.3. The Morgan fingerprint density at radius 2 is 0.824 bits per heavy atom. The van der Waals surface area contributed by atoms with Crippen LogP contribution in [0, 0.1) is 0 Å². The van der Waals surface area contributed by atoms with Gasteiger partial charge in [0.2, 0.25) is 0 Å². The van der Waals surface area contributed by atoms with Gasteiger partial charge in [0.15, 0.2) is 0 Å². The second-order valence-corrected chi connectivity index (χ2v) is 14.8. The van der Waals surface area contributed by atoms with Crippen molar-refractivity contribution in [3.8, 4) is 33.4 Å². The third-order valence-electron chi connectivity index (χ3n) is 10.7. The summed E-state index contributed by atoms with van der Waals surface area (Å²) in [5, 5.41) is 12.4. The van der Waals surface area contributed by atoms with Crippen LogP contribution in [0.1, 0.15) is 26.3 Å². The fourth-order valence-electron chi connectivity index (χ4n) is 8.77. The van der Waals surface area contributed by atoms with E-state index in [1.165, 1.54) is 82.0 Å². The van der Waals surface area contributed by atoms with Crippen LogP contribution in [-0.4, -0.2) is 0 Å². The smallest absolute Gasteiger partial charge is 0.136 e. The van der Waals surface area contributed by atoms with Gasteiger partial charge in [-0.05, 0) is 106 Å². The molecule has 0 amide bonds. The third kappa shape index (κ3) is 4.48. The Kier molecular flexibility index (Phi) is 6.51. The molecule has 0 radical (unpaired) electrons. The maximum absolute atomic E-state index is 6.66. The van der Waals surface area contributed by atoms with Crippen LogP contribution >= 0.6 is 0 Å². The second-order valence-electron chi connectivity index (χ2n) is 14.8. The molecule has 0 atom stereocenters. The van der Waals surface area contributed by atoms with Crippen LogP contribution in [0.4, 0.5) is 0 Å². The minimum absolute atomic E-state index is 0.0149. The van der Waals surface area contributed by atoms with Crippen molar-refractivity contribution >= 4 is 65.0 Å². The van der Waals surface area contributed by atoms with Crippen LogP contribution in [-0.2, 0) is 5.41 Å². The van der Waals surface area contributed by atoms with Gasteiger partial charge in [-0.3, -0.25) is 0 Å². The van der Waals surface area contributed by atoms with Gasteiger partial charge in [0.1, 0.15) is 11.2 Å². The minimum Gasteiger partial charge on any atom is -0.456 e. The molecule has 0 saturated heterocycles. The highest BCUT2D eigenvalue weighted by Crippen LogP contribution is 2.48. The molecule has 0 aliphatic carbocycles. The topological polar surface area (TPSA) is 13.1 Å². The van der Waals surface area contributed by atoms with E-state index < -0.39 is 0 Å². The highest BCUT2D eigenvalue weighted by atomic mass is 16.3. The third-order valence-corrected chi connectivity index (χ3v) is 10.7. The molecule has 1 aromatic heterocycles. The molecule has 242 valence electrons. The van der Waals surface area contributed by atoms with Gasteiger partial charge in [-0.2, -0.15) is 0 Å². The number of hydrogen-bond acceptors (Lipinski definition) is 1. The first kappa shape index (κ1) is 29.7. The van der Waals surface area contributed by atoms with E-state index >= 15 is 0 Å². The van der Waals surface area contributed by atoms with Crippen molar-refractivity contribution in [1.82, 2.24) is 0 Å². The first-order valence-electron chi connectivity index (χ1n) is 17.9. The molecule has 0 aliphatic heterocycles. The molecule has 1 heteroatoms. The van der Waals surface area contributed by atoms with E-state index in [1.54, 1.807) is 0 Å². The SMILES string of the molecule is CC(C)(C)c1c2ccccc2c(-c2ccc3oc4cccc(-c5c6ccccc6c(-c6ccccc6)c6ccccc56)c4c3c2)c2ccccc12. The summed E-state index contributed by atoms with van der Waals surface area (Å²) in [6.07, 6.45) is 0. The van der Waals surface area contributed by atoms with Crippen LogP contribution in [0.3, 0.4) is 0 Å². The van der Waals surface area contributed by atoms with Gasteiger partial charge >= 0.3 is 0 Å². The lowest BCUT2D eigenvalue weighted by Gasteiger charge is -2.26. The normalized spacial score (nSPS) is 12.2. The number of benzene rings is 9. The van der Waals surface area contributed by atoms with Gasteiger partial charge in [-0.15, -0.1) is 0 Å². The van der Waals surface area contributed by atoms with E-state index in [2.05, 4.69) is 185 Å². The van der Waals surface area contributed by atoms with Crippen molar-refractivity contribution in [3.63, 3.8) is 0 Å². The first-order valence-corrected chi connectivity index (χ1v) is 17.9. The first-order chi connectivity index (χ1) is 25.0. The average molecular weight is 653 g/mol. The average Bonchev–Trinajstić information content (AvgIpc) is 3.54. The summed E-state index contributed by atoms with van der Waals surface area (Å²) in [4.78, 5) is 0. The summed E-state index contributed by atoms with van der Waals surface area (Å²) < 4.78 is 6.66. The Balaban J connectivity index is 1.31. The second kappa shape index (κ2) is 11.2. The maximum Gasteiger partial charge on any atom is 0.136 e. The molecule has 0 spiro atoms. The Morgan fingerprint density at radius 1 is 0.353 bits per heavy atom. The van der Waals surface area contributed by atoms with Crippen LogP contribution in [0.5, 0.6) is 0 Å². The number of fused-ring (bicyclic) bond motifs is 7. The van der Waals surface area contributed by atoms with Crippen molar-refractivity contribution in [1.29, 1.82) is 0 Å². The molecule has 1 heterocycles. The molecule has 0 unspecified atom stereocenters. The zero-order valence-electron chi connectivity index (χ0n) is 29.0. The highest BCUT2D eigenvalue weighted by molar-refractivity contribution is 6.26. The summed E-state index contributed by atoms with van der Waals surface area (Å²) >= 11 is 0. The molecular weight excluding hydrogens is 617 g/mol. The standard InChI is InChI=1S/C50H36O/c1-50(2,3)49-39-24-13-11-22-37(39)46(38-23-12-14-25-40(38)49)32-28-29-43-42(30-32)48-41(26-15-27-44(48)51-43)47-35-20-9-7-18-33(35)45(31-16-5-4-6-17-31)34-19-8-10-21-36(34)47/h4-30H,1-3H3. The number of furan rings is 1. The van der Waals surface area contributed by atoms with Gasteiger partial charge in [-0.1, -0.05) is 166 Å². The lowest BCUT2D eigenvalue weighted by Crippen LogP contribution is -2.13. The summed E-state index contributed by atoms with van der Waals surface area (Å²) in [5.74, 6) is 0. The molecule has 51 heavy (non-hydrogen) atoms. The zero-order valence-corrected chi connectivity index (χ0v) is 29.0. The van der Waals surface area contributed by atoms with E-state index in [4.69, 9.17) is 4.42 Å². The fraction of sp³-hybridized carbons (Fsp3) is 0.0800. The van der Waals surface area contributed by atoms with Gasteiger partial charge in [0.05, 0.1) is 0 Å². The Bertz CT molecular complexity index is 2880. The Morgan fingerprint density at radius 3 is 1.37 bits per heavy atom. The van der Waals surface area contributed by atoms with Gasteiger partial charge in [0, 0.05) is 10.8 Å². The monoisotopic (exact) mass is 652 g/mol. The molecular formula is C50H36O. The van der Waals surface area contributed by atoms with E-state index in [9.17, 15) is 0 Å². The van der Waals surface area contributed by atoms with Crippen molar-refractivity contribution in [2.75, 3.05) is 0 Å². The van der Waals surface area contributed by atoms with Crippen LogP contribution in [0.25, 0.3) is 98.4 Å². The van der Waals surface area contributed by atoms with Crippen LogP contribution < -0.4 is 0 Å². The predicted octanol–water partition coefficient (Wildman–Crippen LogP) is 14.5. The molecule has 10 aromatic rings. The van der Waals surface area contributed by atoms with E-state index in [0.29, 0.717) is 0 Å². The summed E-state index contributed by atoms with van der Waals surface area (Å²) in [6.45, 7) is 6.98. The summed E-state index contributed by atoms with van der Waals surface area (Å²) in [7, 11) is 0. The largest absolute Gasteiger partial charge is 0.456 e. The summed E-state index contributed by atoms with van der Waals surface area (Å²) in [5.41, 5.74) is 10.6. The molecule has 10 rings (SSSR count). The highest BCUT2D eigenvalue weighted by Gasteiger charge is 2.24.